The molecule has 1 atom stereocenters. The molecule has 1 unspecified atom stereocenters. The summed E-state index contributed by atoms with van der Waals surface area (Å²) in [4.78, 5) is 17.6. The van der Waals surface area contributed by atoms with Gasteiger partial charge in [-0.05, 0) is 50.5 Å². The molecule has 0 saturated carbocycles. The van der Waals surface area contributed by atoms with E-state index in [0.29, 0.717) is 24.9 Å². The van der Waals surface area contributed by atoms with Crippen LogP contribution < -0.4 is 4.74 Å². The molecule has 0 bridgehead atoms. The number of nitrogens with zero attached hydrogens (tertiary/aromatic N) is 4. The minimum atomic E-state index is -0.0448. The molecule has 1 aliphatic carbocycles. The van der Waals surface area contributed by atoms with Gasteiger partial charge in [0.05, 0.1) is 12.5 Å². The molecule has 1 amide bonds. The van der Waals surface area contributed by atoms with E-state index in [2.05, 4.69) is 11.8 Å². The van der Waals surface area contributed by atoms with Gasteiger partial charge in [-0.2, -0.15) is 5.10 Å². The molecule has 0 saturated heterocycles. The van der Waals surface area contributed by atoms with Gasteiger partial charge in [0.25, 0.3) is 5.91 Å². The van der Waals surface area contributed by atoms with Crippen LogP contribution in [0.15, 0.2) is 41.2 Å². The summed E-state index contributed by atoms with van der Waals surface area (Å²) < 4.78 is 13.1. The van der Waals surface area contributed by atoms with Crippen molar-refractivity contribution in [2.24, 2.45) is 0 Å². The maximum atomic E-state index is 13.4. The van der Waals surface area contributed by atoms with E-state index in [1.165, 1.54) is 5.69 Å². The Labute approximate surface area is 198 Å². The van der Waals surface area contributed by atoms with Crippen molar-refractivity contribution in [1.82, 2.24) is 19.6 Å². The van der Waals surface area contributed by atoms with E-state index >= 15 is 0 Å². The monoisotopic (exact) mass is 468 g/mol. The zero-order valence-electron chi connectivity index (χ0n) is 19.1. The molecule has 7 nitrogen and oxygen atoms in total. The van der Waals surface area contributed by atoms with E-state index in [1.54, 1.807) is 17.4 Å². The lowest BCUT2D eigenvalue weighted by molar-refractivity contribution is 0.0776. The number of fused-ring (bicyclic) bond motifs is 2. The third-order valence-electron chi connectivity index (χ3n) is 6.72. The number of hydrogen-bond donors (Lipinski definition) is 0. The lowest BCUT2D eigenvalue weighted by Crippen LogP contribution is -2.40. The summed E-state index contributed by atoms with van der Waals surface area (Å²) in [6.07, 6.45) is 6.06. The first-order chi connectivity index (χ1) is 16.0. The number of aryl methyl sites for hydroxylation is 1. The molecule has 0 N–H and O–H groups in total. The Bertz CT molecular complexity index is 1140. The van der Waals surface area contributed by atoms with Crippen LogP contribution in [0.1, 0.15) is 46.2 Å². The van der Waals surface area contributed by atoms with Crippen molar-refractivity contribution in [3.05, 3.63) is 69.9 Å². The molecule has 0 radical (unpaired) electrons. The molecular weight excluding hydrogens is 440 g/mol. The summed E-state index contributed by atoms with van der Waals surface area (Å²) in [5.41, 5.74) is 4.95. The highest BCUT2D eigenvalue weighted by Gasteiger charge is 2.33. The molecule has 1 aliphatic heterocycles. The molecule has 174 valence electrons. The van der Waals surface area contributed by atoms with Crippen molar-refractivity contribution in [1.29, 1.82) is 0 Å². The lowest BCUT2D eigenvalue weighted by Gasteiger charge is -2.33. The van der Waals surface area contributed by atoms with E-state index in [0.717, 1.165) is 66.4 Å². The number of halogens is 1. The number of aromatic nitrogens is 2. The molecular formula is C25H29ClN4O3. The number of carbonyl (C=O) groups is 1. The maximum Gasteiger partial charge on any atom is 0.274 e. The Balaban J connectivity index is 1.39. The molecule has 0 fully saturated rings. The predicted octanol–water partition coefficient (Wildman–Crippen LogP) is 4.17. The van der Waals surface area contributed by atoms with Gasteiger partial charge in [-0.15, -0.1) is 0 Å². The number of hydrogen-bond acceptors (Lipinski definition) is 5. The highest BCUT2D eigenvalue weighted by Crippen LogP contribution is 2.32. The highest BCUT2D eigenvalue weighted by atomic mass is 35.5. The first-order valence-electron chi connectivity index (χ1n) is 11.5. The largest absolute Gasteiger partial charge is 0.492 e. The summed E-state index contributed by atoms with van der Waals surface area (Å²) in [7, 11) is 1.82. The second-order valence-electron chi connectivity index (χ2n) is 8.85. The van der Waals surface area contributed by atoms with Gasteiger partial charge >= 0.3 is 0 Å². The normalized spacial score (nSPS) is 18.2. The summed E-state index contributed by atoms with van der Waals surface area (Å²) in [5, 5.41) is 5.47. The average Bonchev–Trinajstić information content (AvgIpc) is 3.40. The molecule has 2 aliphatic rings. The van der Waals surface area contributed by atoms with Gasteiger partial charge in [0.1, 0.15) is 12.4 Å². The zero-order valence-corrected chi connectivity index (χ0v) is 19.8. The number of furan rings is 1. The quantitative estimate of drug-likeness (QED) is 0.562. The Morgan fingerprint density at radius 1 is 1.33 bits per heavy atom. The minimum Gasteiger partial charge on any atom is -0.492 e. The second kappa shape index (κ2) is 9.23. The average molecular weight is 469 g/mol. The van der Waals surface area contributed by atoms with Crippen LogP contribution >= 0.6 is 11.6 Å². The Hall–Kier alpha value is -2.77. The third kappa shape index (κ3) is 4.39. The topological polar surface area (TPSA) is 63.7 Å². The first-order valence-corrected chi connectivity index (χ1v) is 11.9. The first kappa shape index (κ1) is 22.0. The van der Waals surface area contributed by atoms with Crippen LogP contribution in [-0.2, 0) is 32.5 Å². The highest BCUT2D eigenvalue weighted by molar-refractivity contribution is 6.30. The van der Waals surface area contributed by atoms with Crippen molar-refractivity contribution >= 4 is 17.5 Å². The van der Waals surface area contributed by atoms with E-state index < -0.39 is 0 Å². The van der Waals surface area contributed by atoms with Crippen molar-refractivity contribution in [3.63, 3.8) is 0 Å². The van der Waals surface area contributed by atoms with Crippen LogP contribution in [0, 0.1) is 0 Å². The molecule has 5 rings (SSSR count). The number of carbonyl (C=O) groups excluding carboxylic acids is 1. The van der Waals surface area contributed by atoms with Gasteiger partial charge in [0.2, 0.25) is 0 Å². The van der Waals surface area contributed by atoms with Crippen molar-refractivity contribution < 1.29 is 13.9 Å². The number of rotatable bonds is 5. The minimum absolute atomic E-state index is 0.0448. The van der Waals surface area contributed by atoms with E-state index in [4.69, 9.17) is 25.9 Å². The van der Waals surface area contributed by atoms with Gasteiger partial charge in [-0.3, -0.25) is 14.4 Å². The molecule has 33 heavy (non-hydrogen) atoms. The van der Waals surface area contributed by atoms with Gasteiger partial charge in [0.15, 0.2) is 5.69 Å². The number of ether oxygens (including phenoxy) is 1. The van der Waals surface area contributed by atoms with Crippen molar-refractivity contribution in [3.8, 4) is 5.75 Å². The standard InChI is InChI=1S/C25H29ClN4O3/c1-3-30-22-6-5-20(29-9-11-33-23-7-4-19(26)12-18(23)15-29)13-21(22)24(27-30)25(31)28(2)14-17-8-10-32-16-17/h4,7-8,10,12,16,20H,3,5-6,9,11,13-15H2,1-2H3. The molecule has 3 aromatic rings. The Morgan fingerprint density at radius 2 is 2.21 bits per heavy atom. The molecule has 3 heterocycles. The second-order valence-corrected chi connectivity index (χ2v) is 9.29. The summed E-state index contributed by atoms with van der Waals surface area (Å²) >= 11 is 6.25. The predicted molar refractivity (Wildman–Crippen MR) is 126 cm³/mol. The van der Waals surface area contributed by atoms with Crippen LogP contribution in [0.2, 0.25) is 5.02 Å². The van der Waals surface area contributed by atoms with Crippen LogP contribution in [0.5, 0.6) is 5.75 Å². The Morgan fingerprint density at radius 3 is 3.00 bits per heavy atom. The maximum absolute atomic E-state index is 13.4. The lowest BCUT2D eigenvalue weighted by atomic mass is 9.89. The van der Waals surface area contributed by atoms with Crippen LogP contribution in [0.3, 0.4) is 0 Å². The summed E-state index contributed by atoms with van der Waals surface area (Å²) in [6, 6.07) is 8.04. The van der Waals surface area contributed by atoms with Crippen LogP contribution in [0.4, 0.5) is 0 Å². The fourth-order valence-electron chi connectivity index (χ4n) is 5.02. The van der Waals surface area contributed by atoms with Gasteiger partial charge in [-0.25, -0.2) is 0 Å². The van der Waals surface area contributed by atoms with Gasteiger partial charge in [-0.1, -0.05) is 11.6 Å². The van der Waals surface area contributed by atoms with E-state index in [1.807, 2.05) is 36.0 Å². The SMILES string of the molecule is CCn1nc(C(=O)N(C)Cc2ccoc2)c2c1CCC(N1CCOc3ccc(Cl)cc3C1)C2. The smallest absolute Gasteiger partial charge is 0.274 e. The van der Waals surface area contributed by atoms with Crippen LogP contribution in [0.25, 0.3) is 0 Å². The molecule has 8 heteroatoms. The third-order valence-corrected chi connectivity index (χ3v) is 6.95. The van der Waals surface area contributed by atoms with Crippen LogP contribution in [-0.4, -0.2) is 51.7 Å². The number of amides is 1. The fraction of sp³-hybridized carbons (Fsp3) is 0.440. The summed E-state index contributed by atoms with van der Waals surface area (Å²) in [6.45, 7) is 5.61. The van der Waals surface area contributed by atoms with Gasteiger partial charge < -0.3 is 14.1 Å². The zero-order chi connectivity index (χ0) is 22.9. The molecule has 0 spiro atoms. The van der Waals surface area contributed by atoms with E-state index in [9.17, 15) is 4.79 Å². The number of benzene rings is 1. The summed E-state index contributed by atoms with van der Waals surface area (Å²) in [5.74, 6) is 0.866. The fourth-order valence-corrected chi connectivity index (χ4v) is 5.21. The Kier molecular flexibility index (Phi) is 6.17. The van der Waals surface area contributed by atoms with E-state index in [-0.39, 0.29) is 5.91 Å². The molecule has 2 aromatic heterocycles. The van der Waals surface area contributed by atoms with Gasteiger partial charge in [0, 0.05) is 66.7 Å². The van der Waals surface area contributed by atoms with Crippen molar-refractivity contribution in [2.45, 2.75) is 51.9 Å². The van der Waals surface area contributed by atoms with Crippen molar-refractivity contribution in [2.75, 3.05) is 20.2 Å². The molecule has 1 aromatic carbocycles.